The van der Waals surface area contributed by atoms with Gasteiger partial charge in [0.15, 0.2) is 0 Å². The molecule has 4 nitrogen and oxygen atoms in total. The first kappa shape index (κ1) is 15.2. The average molecular weight is 336 g/mol. The lowest BCUT2D eigenvalue weighted by molar-refractivity contribution is -0.145. The second-order valence-electron chi connectivity index (χ2n) is 4.18. The highest BCUT2D eigenvalue weighted by atomic mass is 79.9. The molecule has 1 aromatic rings. The summed E-state index contributed by atoms with van der Waals surface area (Å²) in [5.74, 6) is 0.258. The minimum atomic E-state index is -0.799. The molecular formula is C12H16BrClN2O2. The first-order valence-electron chi connectivity index (χ1n) is 5.60. The largest absolute Gasteiger partial charge is 0.467 e. The van der Waals surface area contributed by atoms with Crippen molar-refractivity contribution in [1.82, 2.24) is 4.98 Å². The van der Waals surface area contributed by atoms with E-state index < -0.39 is 5.54 Å². The predicted octanol–water partition coefficient (Wildman–Crippen LogP) is 3.64. The third-order valence-electron chi connectivity index (χ3n) is 2.59. The van der Waals surface area contributed by atoms with Crippen molar-refractivity contribution in [2.75, 3.05) is 12.4 Å². The molecule has 1 heterocycles. The van der Waals surface area contributed by atoms with Gasteiger partial charge in [-0.05, 0) is 35.3 Å². The predicted molar refractivity (Wildman–Crippen MR) is 75.9 cm³/mol. The SMILES string of the molecule is CCCC(C)(Nc1ncc(Cl)cc1Br)C(=O)OC. The number of hydrogen-bond acceptors (Lipinski definition) is 4. The number of pyridine rings is 1. The summed E-state index contributed by atoms with van der Waals surface area (Å²) in [5, 5.41) is 3.64. The van der Waals surface area contributed by atoms with Crippen molar-refractivity contribution in [1.29, 1.82) is 0 Å². The normalized spacial score (nSPS) is 13.8. The second-order valence-corrected chi connectivity index (χ2v) is 5.47. The zero-order valence-electron chi connectivity index (χ0n) is 10.6. The summed E-state index contributed by atoms with van der Waals surface area (Å²) in [4.78, 5) is 16.0. The number of hydrogen-bond donors (Lipinski definition) is 1. The number of rotatable bonds is 5. The van der Waals surface area contributed by atoms with E-state index in [1.807, 2.05) is 6.92 Å². The fourth-order valence-electron chi connectivity index (χ4n) is 1.71. The zero-order valence-corrected chi connectivity index (χ0v) is 12.9. The van der Waals surface area contributed by atoms with E-state index in [1.165, 1.54) is 13.3 Å². The van der Waals surface area contributed by atoms with Crippen LogP contribution in [0.1, 0.15) is 26.7 Å². The summed E-state index contributed by atoms with van der Waals surface area (Å²) in [5.41, 5.74) is -0.799. The van der Waals surface area contributed by atoms with Gasteiger partial charge in [0.05, 0.1) is 16.6 Å². The Bertz CT molecular complexity index is 442. The molecule has 0 spiro atoms. The van der Waals surface area contributed by atoms with Gasteiger partial charge in [-0.25, -0.2) is 9.78 Å². The molecule has 100 valence electrons. The van der Waals surface area contributed by atoms with Gasteiger partial charge in [0.1, 0.15) is 11.4 Å². The zero-order chi connectivity index (χ0) is 13.8. The maximum absolute atomic E-state index is 11.9. The number of halogens is 2. The third-order valence-corrected chi connectivity index (χ3v) is 3.40. The van der Waals surface area contributed by atoms with Crippen molar-refractivity contribution in [3.63, 3.8) is 0 Å². The number of esters is 1. The first-order valence-corrected chi connectivity index (χ1v) is 6.77. The summed E-state index contributed by atoms with van der Waals surface area (Å²) in [6.07, 6.45) is 3.03. The molecule has 0 fully saturated rings. The van der Waals surface area contributed by atoms with Crippen LogP contribution in [0.15, 0.2) is 16.7 Å². The van der Waals surface area contributed by atoms with Crippen LogP contribution in [0.4, 0.5) is 5.82 Å². The number of nitrogens with one attached hydrogen (secondary N) is 1. The number of carbonyl (C=O) groups excluding carboxylic acids is 1. The lowest BCUT2D eigenvalue weighted by atomic mass is 9.96. The second kappa shape index (κ2) is 6.38. The first-order chi connectivity index (χ1) is 8.42. The molecule has 0 bridgehead atoms. The molecule has 0 aliphatic carbocycles. The summed E-state index contributed by atoms with van der Waals surface area (Å²) in [7, 11) is 1.38. The summed E-state index contributed by atoms with van der Waals surface area (Å²) < 4.78 is 5.54. The monoisotopic (exact) mass is 334 g/mol. The highest BCUT2D eigenvalue weighted by Crippen LogP contribution is 2.28. The molecule has 1 aromatic heterocycles. The molecule has 18 heavy (non-hydrogen) atoms. The van der Waals surface area contributed by atoms with Gasteiger partial charge in [0.2, 0.25) is 0 Å². The van der Waals surface area contributed by atoms with Gasteiger partial charge < -0.3 is 10.1 Å². The fourth-order valence-corrected chi connectivity index (χ4v) is 2.45. The topological polar surface area (TPSA) is 51.2 Å². The van der Waals surface area contributed by atoms with Crippen LogP contribution in [0.3, 0.4) is 0 Å². The molecule has 0 amide bonds. The fraction of sp³-hybridized carbons (Fsp3) is 0.500. The van der Waals surface area contributed by atoms with E-state index in [0.29, 0.717) is 21.7 Å². The Balaban J connectivity index is 2.99. The molecule has 0 saturated heterocycles. The van der Waals surface area contributed by atoms with Crippen LogP contribution in [0.5, 0.6) is 0 Å². The van der Waals surface area contributed by atoms with Gasteiger partial charge in [-0.15, -0.1) is 0 Å². The van der Waals surface area contributed by atoms with Crippen LogP contribution >= 0.6 is 27.5 Å². The van der Waals surface area contributed by atoms with Crippen LogP contribution in [0.25, 0.3) is 0 Å². The average Bonchev–Trinajstić information content (AvgIpc) is 2.32. The van der Waals surface area contributed by atoms with Gasteiger partial charge in [0.25, 0.3) is 0 Å². The van der Waals surface area contributed by atoms with E-state index in [0.717, 1.165) is 6.42 Å². The van der Waals surface area contributed by atoms with Crippen LogP contribution in [-0.2, 0) is 9.53 Å². The summed E-state index contributed by atoms with van der Waals surface area (Å²) in [6, 6.07) is 1.72. The van der Waals surface area contributed by atoms with Gasteiger partial charge in [-0.2, -0.15) is 0 Å². The Labute approximate surface area is 120 Å². The van der Waals surface area contributed by atoms with Crippen molar-refractivity contribution >= 4 is 39.3 Å². The maximum Gasteiger partial charge on any atom is 0.331 e. The minimum absolute atomic E-state index is 0.312. The molecule has 1 unspecified atom stereocenters. The summed E-state index contributed by atoms with van der Waals surface area (Å²) >= 11 is 9.19. The van der Waals surface area contributed by atoms with Gasteiger partial charge in [-0.1, -0.05) is 24.9 Å². The number of aromatic nitrogens is 1. The smallest absolute Gasteiger partial charge is 0.331 e. The van der Waals surface area contributed by atoms with Crippen LogP contribution < -0.4 is 5.32 Å². The Morgan fingerprint density at radius 1 is 1.67 bits per heavy atom. The number of anilines is 1. The number of ether oxygens (including phenoxy) is 1. The number of carbonyl (C=O) groups is 1. The van der Waals surface area contributed by atoms with Gasteiger partial charge in [0, 0.05) is 6.20 Å². The number of nitrogens with zero attached hydrogens (tertiary/aromatic N) is 1. The Hall–Kier alpha value is -0.810. The van der Waals surface area contributed by atoms with E-state index in [9.17, 15) is 4.79 Å². The molecule has 0 aliphatic rings. The van der Waals surface area contributed by atoms with Crippen molar-refractivity contribution in [2.45, 2.75) is 32.2 Å². The van der Waals surface area contributed by atoms with Gasteiger partial charge >= 0.3 is 5.97 Å². The minimum Gasteiger partial charge on any atom is -0.467 e. The molecule has 6 heteroatoms. The van der Waals surface area contributed by atoms with E-state index in [1.54, 1.807) is 13.0 Å². The quantitative estimate of drug-likeness (QED) is 0.835. The third kappa shape index (κ3) is 3.59. The van der Waals surface area contributed by atoms with E-state index in [-0.39, 0.29) is 5.97 Å². The molecular weight excluding hydrogens is 320 g/mol. The molecule has 0 saturated carbocycles. The van der Waals surface area contributed by atoms with Crippen molar-refractivity contribution in [3.8, 4) is 0 Å². The standard InChI is InChI=1S/C12H16BrClN2O2/c1-4-5-12(2,11(17)18-3)16-10-9(13)6-8(14)7-15-10/h6-7H,4-5H2,1-3H3,(H,15,16). The van der Waals surface area contributed by atoms with E-state index in [4.69, 9.17) is 16.3 Å². The van der Waals surface area contributed by atoms with Crippen molar-refractivity contribution in [3.05, 3.63) is 21.8 Å². The Morgan fingerprint density at radius 2 is 2.33 bits per heavy atom. The highest BCUT2D eigenvalue weighted by molar-refractivity contribution is 9.10. The Morgan fingerprint density at radius 3 is 2.83 bits per heavy atom. The Kier molecular flexibility index (Phi) is 5.41. The van der Waals surface area contributed by atoms with Crippen LogP contribution in [0.2, 0.25) is 5.02 Å². The highest BCUT2D eigenvalue weighted by Gasteiger charge is 2.34. The maximum atomic E-state index is 11.9. The summed E-state index contributed by atoms with van der Waals surface area (Å²) in [6.45, 7) is 3.80. The molecule has 0 radical (unpaired) electrons. The molecule has 1 N–H and O–H groups in total. The van der Waals surface area contributed by atoms with Crippen molar-refractivity contribution in [2.24, 2.45) is 0 Å². The van der Waals surface area contributed by atoms with Gasteiger partial charge in [-0.3, -0.25) is 0 Å². The van der Waals surface area contributed by atoms with E-state index in [2.05, 4.69) is 26.2 Å². The van der Waals surface area contributed by atoms with E-state index >= 15 is 0 Å². The lowest BCUT2D eigenvalue weighted by Crippen LogP contribution is -2.44. The lowest BCUT2D eigenvalue weighted by Gasteiger charge is -2.28. The molecule has 1 atom stereocenters. The molecule has 0 aliphatic heterocycles. The van der Waals surface area contributed by atoms with Crippen LogP contribution in [0, 0.1) is 0 Å². The molecule has 0 aromatic carbocycles. The molecule has 1 rings (SSSR count). The van der Waals surface area contributed by atoms with Crippen molar-refractivity contribution < 1.29 is 9.53 Å². The number of methoxy groups -OCH3 is 1. The van der Waals surface area contributed by atoms with Crippen LogP contribution in [-0.4, -0.2) is 23.6 Å².